The number of allylic oxidation sites excluding steroid dienone is 9. The third-order valence-corrected chi connectivity index (χ3v) is 28.4. The molecule has 0 bridgehead atoms. The van der Waals surface area contributed by atoms with Crippen LogP contribution in [0.15, 0.2) is 67.4 Å². The van der Waals surface area contributed by atoms with Crippen LogP contribution in [-0.4, -0.2) is 16.2 Å². The quantitative estimate of drug-likeness (QED) is 0.553. The van der Waals surface area contributed by atoms with Gasteiger partial charge in [-0.15, -0.1) is 0 Å². The average Bonchev–Trinajstić information content (AvgIpc) is 3.18. The Morgan fingerprint density at radius 1 is 1.00 bits per heavy atom. The molecule has 0 amide bonds. The Hall–Kier alpha value is -0.317. The van der Waals surface area contributed by atoms with E-state index in [0.717, 1.165) is 6.42 Å². The molecule has 2 aliphatic carbocycles. The van der Waals surface area contributed by atoms with Gasteiger partial charge in [-0.05, 0) is 0 Å². The first-order valence-corrected chi connectivity index (χ1v) is 16.4. The molecule has 1 aliphatic heterocycles. The summed E-state index contributed by atoms with van der Waals surface area (Å²) < 4.78 is 3.41. The molecular formula is C18H22GeS2. The number of hydrogen-bond acceptors (Lipinski definition) is 2. The van der Waals surface area contributed by atoms with Crippen LogP contribution in [0, 0.1) is 0 Å². The molecule has 0 N–H and O–H groups in total. The molecule has 0 nitrogen and oxygen atoms in total. The van der Waals surface area contributed by atoms with Crippen molar-refractivity contribution in [1.29, 1.82) is 0 Å². The Kier molecular flexibility index (Phi) is 4.49. The van der Waals surface area contributed by atoms with Crippen LogP contribution in [0.3, 0.4) is 0 Å². The van der Waals surface area contributed by atoms with E-state index in [1.165, 1.54) is 4.91 Å². The van der Waals surface area contributed by atoms with Crippen molar-refractivity contribution in [3.05, 3.63) is 67.4 Å². The Labute approximate surface area is 137 Å². The minimum absolute atomic E-state index is 0.562. The van der Waals surface area contributed by atoms with Crippen LogP contribution in [0.4, 0.5) is 0 Å². The van der Waals surface area contributed by atoms with E-state index in [1.807, 2.05) is 0 Å². The third-order valence-electron chi connectivity index (χ3n) is 4.69. The van der Waals surface area contributed by atoms with Gasteiger partial charge in [-0.3, -0.25) is 0 Å². The van der Waals surface area contributed by atoms with Crippen LogP contribution in [0.1, 0.15) is 34.1 Å². The summed E-state index contributed by atoms with van der Waals surface area (Å²) in [6.45, 7) is 9.44. The molecule has 3 rings (SSSR count). The Bertz CT molecular complexity index is 608. The normalized spacial score (nSPS) is 23.9. The molecule has 1 heterocycles. The summed E-state index contributed by atoms with van der Waals surface area (Å²) in [5, 5.41) is 0.562. The summed E-state index contributed by atoms with van der Waals surface area (Å²) >= 11 is 0. The maximum atomic E-state index is 2.40. The topological polar surface area (TPSA) is 0 Å². The molecule has 0 spiro atoms. The van der Waals surface area contributed by atoms with Gasteiger partial charge in [0, 0.05) is 0 Å². The number of hydrogen-bond donors (Lipinski definition) is 0. The van der Waals surface area contributed by atoms with Gasteiger partial charge in [0.2, 0.25) is 0 Å². The summed E-state index contributed by atoms with van der Waals surface area (Å²) in [6.07, 6.45) is 17.2. The second-order valence-electron chi connectivity index (χ2n) is 5.82. The van der Waals surface area contributed by atoms with Crippen molar-refractivity contribution in [2.75, 3.05) is 0 Å². The van der Waals surface area contributed by atoms with Gasteiger partial charge in [0.25, 0.3) is 0 Å². The van der Waals surface area contributed by atoms with Crippen molar-refractivity contribution >= 4 is 31.2 Å². The zero-order chi connectivity index (χ0) is 15.0. The summed E-state index contributed by atoms with van der Waals surface area (Å²) in [5.41, 5.74) is 3.11. The van der Waals surface area contributed by atoms with E-state index >= 15 is 0 Å². The fraction of sp³-hybridized carbons (Fsp3) is 0.333. The van der Waals surface area contributed by atoms with Crippen molar-refractivity contribution < 1.29 is 0 Å². The Morgan fingerprint density at radius 2 is 1.62 bits per heavy atom. The van der Waals surface area contributed by atoms with Gasteiger partial charge in [-0.1, -0.05) is 0 Å². The van der Waals surface area contributed by atoms with Crippen LogP contribution in [0.25, 0.3) is 0 Å². The summed E-state index contributed by atoms with van der Waals surface area (Å²) in [6, 6.07) is 0. The van der Waals surface area contributed by atoms with E-state index in [0.29, 0.717) is 5.25 Å². The van der Waals surface area contributed by atoms with Crippen molar-refractivity contribution in [1.82, 2.24) is 0 Å². The molecule has 0 aromatic heterocycles. The van der Waals surface area contributed by atoms with Gasteiger partial charge in [0.05, 0.1) is 0 Å². The van der Waals surface area contributed by atoms with Gasteiger partial charge in [-0.2, -0.15) is 0 Å². The van der Waals surface area contributed by atoms with Gasteiger partial charge in [0.1, 0.15) is 0 Å². The van der Waals surface area contributed by atoms with E-state index in [9.17, 15) is 0 Å². The zero-order valence-electron chi connectivity index (χ0n) is 13.1. The fourth-order valence-corrected chi connectivity index (χ4v) is 27.3. The molecule has 0 unspecified atom stereocenters. The van der Waals surface area contributed by atoms with Crippen molar-refractivity contribution in [3.63, 3.8) is 0 Å². The van der Waals surface area contributed by atoms with Gasteiger partial charge in [0.15, 0.2) is 0 Å². The van der Waals surface area contributed by atoms with E-state index in [2.05, 4.69) is 90.4 Å². The van der Waals surface area contributed by atoms with Crippen LogP contribution in [0.2, 0.25) is 0 Å². The molecule has 0 aromatic rings. The van der Waals surface area contributed by atoms with Crippen LogP contribution < -0.4 is 0 Å². The molecule has 0 fully saturated rings. The molecule has 3 heteroatoms. The van der Waals surface area contributed by atoms with E-state index in [4.69, 9.17) is 0 Å². The molecule has 21 heavy (non-hydrogen) atoms. The third kappa shape index (κ3) is 2.71. The van der Waals surface area contributed by atoms with Gasteiger partial charge in [-0.25, -0.2) is 0 Å². The molecule has 0 atom stereocenters. The van der Waals surface area contributed by atoms with Crippen molar-refractivity contribution in [2.24, 2.45) is 0 Å². The van der Waals surface area contributed by atoms with E-state index in [-0.39, 0.29) is 0 Å². The predicted octanol–water partition coefficient (Wildman–Crippen LogP) is 6.00. The first kappa shape index (κ1) is 15.6. The predicted molar refractivity (Wildman–Crippen MR) is 102 cm³/mol. The van der Waals surface area contributed by atoms with E-state index in [1.54, 1.807) is 20.0 Å². The standard InChI is InChI=1S/C18H22GeS2/c1-13-14(2)16(4)19(15(13)3,20-17-9-5-6-10-17)21-18-11-7-8-12-18/h5-7,9-12,17H,8H2,1-4H3. The maximum absolute atomic E-state index is 2.40. The Morgan fingerprint density at radius 3 is 2.14 bits per heavy atom. The number of rotatable bonds is 4. The molecule has 0 saturated heterocycles. The SMILES string of the molecule is CC1=[C](C)[Ge]([S]C2=CCC=C2)([S]C2C=CC=C2)[C](C)=C1C. The molecule has 0 aromatic carbocycles. The van der Waals surface area contributed by atoms with Crippen LogP contribution in [0.5, 0.6) is 0 Å². The summed E-state index contributed by atoms with van der Waals surface area (Å²) in [5.74, 6) is 0. The fourth-order valence-electron chi connectivity index (χ4n) is 3.05. The van der Waals surface area contributed by atoms with Crippen LogP contribution >= 0.6 is 20.2 Å². The minimum atomic E-state index is -2.35. The van der Waals surface area contributed by atoms with E-state index < -0.39 is 11.0 Å². The Balaban J connectivity index is 2.00. The molecule has 3 aliphatic rings. The summed E-state index contributed by atoms with van der Waals surface area (Å²) in [4.78, 5) is 1.50. The van der Waals surface area contributed by atoms with Crippen molar-refractivity contribution in [2.45, 2.75) is 39.4 Å². The molecule has 0 radical (unpaired) electrons. The average molecular weight is 375 g/mol. The molecular weight excluding hydrogens is 353 g/mol. The van der Waals surface area contributed by atoms with Crippen LogP contribution in [-0.2, 0) is 0 Å². The summed E-state index contributed by atoms with van der Waals surface area (Å²) in [7, 11) is 2.13. The second-order valence-corrected chi connectivity index (χ2v) is 23.5. The van der Waals surface area contributed by atoms with Crippen molar-refractivity contribution in [3.8, 4) is 0 Å². The molecule has 0 saturated carbocycles. The molecule has 110 valence electrons. The second kappa shape index (κ2) is 6.06. The van der Waals surface area contributed by atoms with Gasteiger partial charge >= 0.3 is 138 Å². The monoisotopic (exact) mass is 376 g/mol. The zero-order valence-corrected chi connectivity index (χ0v) is 16.9. The van der Waals surface area contributed by atoms with Gasteiger partial charge < -0.3 is 0 Å². The first-order chi connectivity index (χ1) is 10.0. The first-order valence-electron chi connectivity index (χ1n) is 7.49.